The first-order chi connectivity index (χ1) is 11.6. The fraction of sp³-hybridized carbons (Fsp3) is 0.471. The minimum atomic E-state index is -0.00534. The van der Waals surface area contributed by atoms with Gasteiger partial charge in [-0.05, 0) is 25.8 Å². The maximum absolute atomic E-state index is 12.9. The third-order valence-electron chi connectivity index (χ3n) is 5.08. The fourth-order valence-corrected chi connectivity index (χ4v) is 3.95. The van der Waals surface area contributed by atoms with Crippen LogP contribution in [0.2, 0.25) is 0 Å². The van der Waals surface area contributed by atoms with Gasteiger partial charge in [0.1, 0.15) is 5.76 Å². The number of rotatable bonds is 2. The molecule has 2 aliphatic heterocycles. The van der Waals surface area contributed by atoms with E-state index in [9.17, 15) is 9.59 Å². The molecule has 4 heterocycles. The standard InChI is InChI=1S/C17H20N4O3/c1-11-13(6-8-24-11)17(23)20-7-5-15-14(20)3-4-16(22)21(15)12-9-18-19(2)10-12/h6,8-10,14-15H,3-5,7H2,1-2H3/t14-,15-/m0/s1. The van der Waals surface area contributed by atoms with E-state index in [1.807, 2.05) is 23.0 Å². The zero-order chi connectivity index (χ0) is 16.8. The molecule has 2 saturated heterocycles. The van der Waals surface area contributed by atoms with E-state index in [-0.39, 0.29) is 23.9 Å². The molecule has 4 rings (SSSR count). The topological polar surface area (TPSA) is 71.6 Å². The summed E-state index contributed by atoms with van der Waals surface area (Å²) in [6.45, 7) is 2.45. The van der Waals surface area contributed by atoms with Crippen LogP contribution in [0.15, 0.2) is 29.1 Å². The first-order valence-corrected chi connectivity index (χ1v) is 8.22. The van der Waals surface area contributed by atoms with Crippen LogP contribution in [0, 0.1) is 6.92 Å². The first-order valence-electron chi connectivity index (χ1n) is 8.22. The normalized spacial score (nSPS) is 23.7. The summed E-state index contributed by atoms with van der Waals surface area (Å²) in [5.41, 5.74) is 1.42. The average molecular weight is 328 g/mol. The molecule has 0 spiro atoms. The third kappa shape index (κ3) is 2.23. The van der Waals surface area contributed by atoms with Crippen LogP contribution in [0.3, 0.4) is 0 Å². The Morgan fingerprint density at radius 3 is 2.83 bits per heavy atom. The summed E-state index contributed by atoms with van der Waals surface area (Å²) in [7, 11) is 1.83. The van der Waals surface area contributed by atoms with Crippen LogP contribution in [0.1, 0.15) is 35.4 Å². The summed E-state index contributed by atoms with van der Waals surface area (Å²) in [5, 5.41) is 4.18. The minimum absolute atomic E-state index is 0.00534. The Morgan fingerprint density at radius 1 is 1.33 bits per heavy atom. The van der Waals surface area contributed by atoms with Gasteiger partial charge >= 0.3 is 0 Å². The van der Waals surface area contributed by atoms with Gasteiger partial charge in [0, 0.05) is 26.2 Å². The van der Waals surface area contributed by atoms with Gasteiger partial charge in [0.25, 0.3) is 5.91 Å². The van der Waals surface area contributed by atoms with E-state index in [1.54, 1.807) is 30.1 Å². The SMILES string of the molecule is Cc1occc1C(=O)N1CC[C@H]2[C@@H]1CCC(=O)N2c1cnn(C)c1. The molecule has 2 aromatic rings. The number of carbonyl (C=O) groups is 2. The maximum atomic E-state index is 12.9. The van der Waals surface area contributed by atoms with Crippen LogP contribution in [-0.4, -0.2) is 45.1 Å². The van der Waals surface area contributed by atoms with Crippen LogP contribution >= 0.6 is 0 Å². The number of piperidine rings is 1. The van der Waals surface area contributed by atoms with E-state index in [4.69, 9.17) is 4.42 Å². The van der Waals surface area contributed by atoms with Crippen molar-refractivity contribution in [3.05, 3.63) is 36.0 Å². The molecule has 7 nitrogen and oxygen atoms in total. The molecule has 0 saturated carbocycles. The number of fused-ring (bicyclic) bond motifs is 1. The lowest BCUT2D eigenvalue weighted by molar-refractivity contribution is -0.120. The first kappa shape index (κ1) is 15.0. The second kappa shape index (κ2) is 5.51. The molecule has 2 atom stereocenters. The Bertz CT molecular complexity index is 793. The number of furan rings is 1. The van der Waals surface area contributed by atoms with E-state index >= 15 is 0 Å². The average Bonchev–Trinajstić information content (AvgIpc) is 3.26. The van der Waals surface area contributed by atoms with Crippen molar-refractivity contribution in [3.63, 3.8) is 0 Å². The third-order valence-corrected chi connectivity index (χ3v) is 5.08. The largest absolute Gasteiger partial charge is 0.469 e. The summed E-state index contributed by atoms with van der Waals surface area (Å²) in [6, 6.07) is 1.79. The molecule has 2 fully saturated rings. The molecule has 24 heavy (non-hydrogen) atoms. The number of anilines is 1. The summed E-state index contributed by atoms with van der Waals surface area (Å²) in [4.78, 5) is 29.1. The monoisotopic (exact) mass is 328 g/mol. The molecule has 0 N–H and O–H groups in total. The Labute approximate surface area is 139 Å². The molecule has 0 bridgehead atoms. The molecule has 2 aromatic heterocycles. The van der Waals surface area contributed by atoms with Crippen LogP contribution in [0.5, 0.6) is 0 Å². The Balaban J connectivity index is 1.62. The van der Waals surface area contributed by atoms with E-state index < -0.39 is 0 Å². The number of amides is 2. The van der Waals surface area contributed by atoms with Gasteiger partial charge < -0.3 is 14.2 Å². The summed E-state index contributed by atoms with van der Waals surface area (Å²) < 4.78 is 6.96. The van der Waals surface area contributed by atoms with Crippen molar-refractivity contribution < 1.29 is 14.0 Å². The van der Waals surface area contributed by atoms with Gasteiger partial charge in [-0.1, -0.05) is 0 Å². The molecule has 2 amide bonds. The fourth-order valence-electron chi connectivity index (χ4n) is 3.95. The summed E-state index contributed by atoms with van der Waals surface area (Å²) in [5.74, 6) is 0.742. The van der Waals surface area contributed by atoms with E-state index in [0.29, 0.717) is 30.7 Å². The molecule has 7 heteroatoms. The van der Waals surface area contributed by atoms with Gasteiger partial charge in [0.05, 0.1) is 35.8 Å². The highest BCUT2D eigenvalue weighted by atomic mass is 16.3. The highest BCUT2D eigenvalue weighted by Gasteiger charge is 2.46. The van der Waals surface area contributed by atoms with E-state index in [1.165, 1.54) is 0 Å². The van der Waals surface area contributed by atoms with Crippen molar-refractivity contribution in [3.8, 4) is 0 Å². The van der Waals surface area contributed by atoms with Crippen molar-refractivity contribution in [2.75, 3.05) is 11.4 Å². The molecule has 0 unspecified atom stereocenters. The molecular formula is C17H20N4O3. The Kier molecular flexibility index (Phi) is 3.44. The van der Waals surface area contributed by atoms with E-state index in [2.05, 4.69) is 5.10 Å². The highest BCUT2D eigenvalue weighted by Crippen LogP contribution is 2.35. The van der Waals surface area contributed by atoms with Crippen LogP contribution in [0.25, 0.3) is 0 Å². The number of aryl methyl sites for hydroxylation is 2. The van der Waals surface area contributed by atoms with E-state index in [0.717, 1.165) is 12.1 Å². The smallest absolute Gasteiger partial charge is 0.257 e. The van der Waals surface area contributed by atoms with Gasteiger partial charge in [-0.3, -0.25) is 14.3 Å². The number of hydrogen-bond donors (Lipinski definition) is 0. The van der Waals surface area contributed by atoms with Crippen LogP contribution in [-0.2, 0) is 11.8 Å². The Hall–Kier alpha value is -2.57. The minimum Gasteiger partial charge on any atom is -0.469 e. The molecule has 2 aliphatic rings. The van der Waals surface area contributed by atoms with Gasteiger partial charge in [-0.2, -0.15) is 5.10 Å². The number of likely N-dealkylation sites (tertiary alicyclic amines) is 1. The summed E-state index contributed by atoms with van der Waals surface area (Å²) >= 11 is 0. The maximum Gasteiger partial charge on any atom is 0.257 e. The Morgan fingerprint density at radius 2 is 2.17 bits per heavy atom. The quantitative estimate of drug-likeness (QED) is 0.842. The molecule has 126 valence electrons. The van der Waals surface area contributed by atoms with Gasteiger partial charge in [0.2, 0.25) is 5.91 Å². The van der Waals surface area contributed by atoms with Crippen molar-refractivity contribution >= 4 is 17.5 Å². The number of hydrogen-bond acceptors (Lipinski definition) is 4. The number of carbonyl (C=O) groups excluding carboxylic acids is 2. The zero-order valence-corrected chi connectivity index (χ0v) is 13.8. The highest BCUT2D eigenvalue weighted by molar-refractivity contribution is 5.98. The van der Waals surface area contributed by atoms with Crippen LogP contribution in [0.4, 0.5) is 5.69 Å². The predicted octanol–water partition coefficient (Wildman–Crippen LogP) is 1.73. The van der Waals surface area contributed by atoms with Gasteiger partial charge in [-0.15, -0.1) is 0 Å². The lowest BCUT2D eigenvalue weighted by Crippen LogP contribution is -2.53. The predicted molar refractivity (Wildman–Crippen MR) is 86.6 cm³/mol. The van der Waals surface area contributed by atoms with Crippen molar-refractivity contribution in [2.45, 2.75) is 38.3 Å². The van der Waals surface area contributed by atoms with Crippen molar-refractivity contribution in [1.29, 1.82) is 0 Å². The second-order valence-electron chi connectivity index (χ2n) is 6.49. The van der Waals surface area contributed by atoms with Crippen molar-refractivity contribution in [2.24, 2.45) is 7.05 Å². The molecule has 0 radical (unpaired) electrons. The lowest BCUT2D eigenvalue weighted by Gasteiger charge is -2.39. The molecular weight excluding hydrogens is 308 g/mol. The zero-order valence-electron chi connectivity index (χ0n) is 13.8. The second-order valence-corrected chi connectivity index (χ2v) is 6.49. The molecule has 0 aromatic carbocycles. The lowest BCUT2D eigenvalue weighted by atomic mass is 9.95. The number of nitrogens with zero attached hydrogens (tertiary/aromatic N) is 4. The number of aromatic nitrogens is 2. The van der Waals surface area contributed by atoms with Gasteiger partial charge in [-0.25, -0.2) is 0 Å². The summed E-state index contributed by atoms with van der Waals surface area (Å²) in [6.07, 6.45) is 7.06. The van der Waals surface area contributed by atoms with Gasteiger partial charge in [0.15, 0.2) is 0 Å². The van der Waals surface area contributed by atoms with Crippen LogP contribution < -0.4 is 4.90 Å². The molecule has 0 aliphatic carbocycles. The van der Waals surface area contributed by atoms with Crippen molar-refractivity contribution in [1.82, 2.24) is 14.7 Å².